The van der Waals surface area contributed by atoms with E-state index in [2.05, 4.69) is 0 Å². The van der Waals surface area contributed by atoms with E-state index in [4.69, 9.17) is 58.0 Å². The van der Waals surface area contributed by atoms with Gasteiger partial charge in [-0.05, 0) is 0 Å². The Morgan fingerprint density at radius 2 is 0.846 bits per heavy atom. The molecule has 0 aliphatic carbocycles. The molecule has 0 spiro atoms. The number of aromatic hydroxyl groups is 1. The topological polar surface area (TPSA) is 20.2 Å². The van der Waals surface area contributed by atoms with Crippen molar-refractivity contribution in [1.82, 2.24) is 0 Å². The van der Waals surface area contributed by atoms with Crippen LogP contribution in [-0.4, -0.2) is 56.5 Å². The Bertz CT molecular complexity index is 235. The van der Waals surface area contributed by atoms with Gasteiger partial charge < -0.3 is 5.11 Å². The summed E-state index contributed by atoms with van der Waals surface area (Å²) in [6, 6.07) is 0. The quantitative estimate of drug-likeness (QED) is 0.436. The van der Waals surface area contributed by atoms with E-state index in [1.165, 1.54) is 0 Å². The molecule has 0 saturated carbocycles. The molecule has 0 aliphatic rings. The molecule has 68 valence electrons. The first kappa shape index (κ1) is 15.1. The van der Waals surface area contributed by atoms with Crippen LogP contribution < -0.4 is 0 Å². The van der Waals surface area contributed by atoms with Gasteiger partial charge in [0.15, 0.2) is 5.75 Å². The van der Waals surface area contributed by atoms with E-state index in [0.717, 1.165) is 0 Å². The number of phenolic OH excluding ortho intramolecular Hbond substituents is 1. The summed E-state index contributed by atoms with van der Waals surface area (Å²) in [5.74, 6) is -0.363. The third-order valence-corrected chi connectivity index (χ3v) is 3.44. The number of halogens is 5. The molecular formula is C6H2Cl5KO. The van der Waals surface area contributed by atoms with Gasteiger partial charge in [0.05, 0.1) is 15.1 Å². The fourth-order valence-corrected chi connectivity index (χ4v) is 1.72. The zero-order chi connectivity index (χ0) is 9.46. The number of rotatable bonds is 0. The van der Waals surface area contributed by atoms with Gasteiger partial charge in [0.2, 0.25) is 0 Å². The molecule has 0 amide bonds. The van der Waals surface area contributed by atoms with Gasteiger partial charge in [-0.2, -0.15) is 0 Å². The summed E-state index contributed by atoms with van der Waals surface area (Å²) >= 11 is 27.9. The second-order valence-electron chi connectivity index (χ2n) is 1.92. The van der Waals surface area contributed by atoms with Crippen LogP contribution in [-0.2, 0) is 0 Å². The summed E-state index contributed by atoms with van der Waals surface area (Å²) in [4.78, 5) is 0. The van der Waals surface area contributed by atoms with E-state index >= 15 is 0 Å². The van der Waals surface area contributed by atoms with Crippen molar-refractivity contribution in [2.75, 3.05) is 0 Å². The van der Waals surface area contributed by atoms with Crippen LogP contribution in [0.25, 0.3) is 0 Å². The van der Waals surface area contributed by atoms with Crippen LogP contribution in [0.5, 0.6) is 5.75 Å². The monoisotopic (exact) mass is 304 g/mol. The summed E-state index contributed by atoms with van der Waals surface area (Å²) in [5, 5.41) is 9.01. The van der Waals surface area contributed by atoms with Crippen molar-refractivity contribution in [1.29, 1.82) is 0 Å². The minimum absolute atomic E-state index is 0. The first-order chi connectivity index (χ1) is 5.46. The number of phenols is 1. The van der Waals surface area contributed by atoms with Gasteiger partial charge in [-0.1, -0.05) is 58.0 Å². The van der Waals surface area contributed by atoms with E-state index in [1.807, 2.05) is 0 Å². The maximum absolute atomic E-state index is 9.20. The van der Waals surface area contributed by atoms with E-state index < -0.39 is 0 Å². The first-order valence-corrected chi connectivity index (χ1v) is 4.56. The molecule has 0 unspecified atom stereocenters. The average Bonchev–Trinajstić information content (AvgIpc) is 2.08. The molecule has 0 radical (unpaired) electrons. The normalized spacial score (nSPS) is 9.62. The second-order valence-corrected chi connectivity index (χ2v) is 3.81. The molecule has 0 aliphatic heterocycles. The summed E-state index contributed by atoms with van der Waals surface area (Å²) < 4.78 is 0. The van der Waals surface area contributed by atoms with Gasteiger partial charge in [-0.25, -0.2) is 0 Å². The van der Waals surface area contributed by atoms with Gasteiger partial charge in [0.25, 0.3) is 0 Å². The van der Waals surface area contributed by atoms with Crippen LogP contribution in [0, 0.1) is 0 Å². The molecule has 1 aromatic carbocycles. The first-order valence-electron chi connectivity index (χ1n) is 2.67. The Morgan fingerprint density at radius 3 is 1.15 bits per heavy atom. The fraction of sp³-hybridized carbons (Fsp3) is 0. The molecule has 1 N–H and O–H groups in total. The molecule has 13 heavy (non-hydrogen) atoms. The Hall–Kier alpha value is 2.11. The molecule has 1 nitrogen and oxygen atoms in total. The van der Waals surface area contributed by atoms with Crippen LogP contribution in [0.2, 0.25) is 25.1 Å². The van der Waals surface area contributed by atoms with Crippen LogP contribution in [0.3, 0.4) is 0 Å². The van der Waals surface area contributed by atoms with Crippen molar-refractivity contribution < 1.29 is 5.11 Å². The predicted molar refractivity (Wildman–Crippen MR) is 60.3 cm³/mol. The zero-order valence-corrected chi connectivity index (χ0v) is 9.12. The molecule has 0 heterocycles. The molecule has 7 heteroatoms. The number of hydrogen-bond donors (Lipinski definition) is 1. The number of benzene rings is 1. The van der Waals surface area contributed by atoms with E-state index in [0.29, 0.717) is 0 Å². The van der Waals surface area contributed by atoms with Gasteiger partial charge >= 0.3 is 51.4 Å². The van der Waals surface area contributed by atoms with Crippen LogP contribution in [0.4, 0.5) is 0 Å². The fourth-order valence-electron chi connectivity index (χ4n) is 0.593. The molecule has 0 atom stereocenters. The predicted octanol–water partition coefficient (Wildman–Crippen LogP) is 4.01. The maximum atomic E-state index is 9.20. The Morgan fingerprint density at radius 1 is 0.615 bits per heavy atom. The van der Waals surface area contributed by atoms with Crippen molar-refractivity contribution in [3.05, 3.63) is 25.1 Å². The van der Waals surface area contributed by atoms with Crippen LogP contribution in [0.15, 0.2) is 0 Å². The van der Waals surface area contributed by atoms with Gasteiger partial charge in [-0.15, -0.1) is 0 Å². The third kappa shape index (κ3) is 3.03. The average molecular weight is 306 g/mol. The van der Waals surface area contributed by atoms with Crippen molar-refractivity contribution in [2.45, 2.75) is 0 Å². The van der Waals surface area contributed by atoms with Crippen molar-refractivity contribution >= 4 is 109 Å². The zero-order valence-electron chi connectivity index (χ0n) is 5.34. The Balaban J connectivity index is 0.00000144. The van der Waals surface area contributed by atoms with Gasteiger partial charge in [0.1, 0.15) is 10.0 Å². The molecule has 0 saturated heterocycles. The van der Waals surface area contributed by atoms with Crippen LogP contribution in [0.1, 0.15) is 0 Å². The third-order valence-electron chi connectivity index (χ3n) is 1.19. The van der Waals surface area contributed by atoms with Crippen LogP contribution >= 0.6 is 58.0 Å². The molecule has 1 rings (SSSR count). The molecule has 0 fully saturated rings. The number of hydrogen-bond acceptors (Lipinski definition) is 1. The van der Waals surface area contributed by atoms with E-state index in [-0.39, 0.29) is 82.2 Å². The summed E-state index contributed by atoms with van der Waals surface area (Å²) in [5.41, 5.74) is 0. The molecule has 1 aromatic rings. The van der Waals surface area contributed by atoms with Crippen molar-refractivity contribution in [3.63, 3.8) is 0 Å². The molecular weight excluding hydrogens is 304 g/mol. The standard InChI is InChI=1S/C6HCl5O.K.H/c7-1-2(8)4(10)6(12)5(11)3(1)9;;/h12H;;. The summed E-state index contributed by atoms with van der Waals surface area (Å²) in [7, 11) is 0. The summed E-state index contributed by atoms with van der Waals surface area (Å²) in [6.07, 6.45) is 0. The SMILES string of the molecule is Oc1c(Cl)c(Cl)c(Cl)c(Cl)c1Cl.[KH]. The van der Waals surface area contributed by atoms with Crippen molar-refractivity contribution in [2.24, 2.45) is 0 Å². The second kappa shape index (κ2) is 5.99. The van der Waals surface area contributed by atoms with Crippen molar-refractivity contribution in [3.8, 4) is 5.75 Å². The van der Waals surface area contributed by atoms with E-state index in [9.17, 15) is 5.11 Å². The molecule has 0 aromatic heterocycles. The minimum atomic E-state index is -0.363. The Labute approximate surface area is 143 Å². The summed E-state index contributed by atoms with van der Waals surface area (Å²) in [6.45, 7) is 0. The van der Waals surface area contributed by atoms with Gasteiger partial charge in [0, 0.05) is 0 Å². The Kier molecular flexibility index (Phi) is 6.97. The molecule has 0 bridgehead atoms. The van der Waals surface area contributed by atoms with Gasteiger partial charge in [-0.3, -0.25) is 0 Å². The van der Waals surface area contributed by atoms with E-state index in [1.54, 1.807) is 0 Å².